The van der Waals surface area contributed by atoms with Crippen molar-refractivity contribution >= 4 is 11.6 Å². The van der Waals surface area contributed by atoms with E-state index in [-0.39, 0.29) is 11.7 Å². The third-order valence-corrected chi connectivity index (χ3v) is 2.73. The van der Waals surface area contributed by atoms with Gasteiger partial charge in [0.2, 0.25) is 0 Å². The highest BCUT2D eigenvalue weighted by atomic mass is 19.1. The highest BCUT2D eigenvalue weighted by Gasteiger charge is 2.06. The van der Waals surface area contributed by atoms with Gasteiger partial charge in [-0.2, -0.15) is 5.10 Å². The molecule has 0 radical (unpaired) electrons. The molecule has 102 valence electrons. The average Bonchev–Trinajstić information content (AvgIpc) is 2.50. The van der Waals surface area contributed by atoms with Crippen molar-refractivity contribution in [1.29, 1.82) is 0 Å². The van der Waals surface area contributed by atoms with Crippen molar-refractivity contribution in [2.45, 2.75) is 13.3 Å². The monoisotopic (exact) mass is 271 g/mol. The van der Waals surface area contributed by atoms with Gasteiger partial charge in [-0.1, -0.05) is 19.1 Å². The number of rotatable bonds is 4. The molecule has 0 aliphatic rings. The Balaban J connectivity index is 2.12. The van der Waals surface area contributed by atoms with Crippen molar-refractivity contribution < 1.29 is 9.18 Å². The lowest BCUT2D eigenvalue weighted by atomic mass is 10.1. The molecule has 0 saturated carbocycles. The largest absolute Gasteiger partial charge is 0.272 e. The summed E-state index contributed by atoms with van der Waals surface area (Å²) in [6, 6.07) is 9.33. The number of benzene rings is 1. The number of hydrogen-bond donors (Lipinski definition) is 1. The first kappa shape index (κ1) is 13.9. The Hall–Kier alpha value is -2.56. The predicted molar refractivity (Wildman–Crippen MR) is 74.9 cm³/mol. The minimum absolute atomic E-state index is 0.302. The van der Waals surface area contributed by atoms with E-state index in [1.807, 2.05) is 6.92 Å². The molecule has 0 saturated heterocycles. The summed E-state index contributed by atoms with van der Waals surface area (Å²) in [5.41, 5.74) is 4.38. The number of pyridine rings is 1. The Bertz CT molecular complexity index is 609. The number of halogens is 1. The predicted octanol–water partition coefficient (Wildman–Crippen LogP) is 2.76. The zero-order valence-electron chi connectivity index (χ0n) is 11.0. The molecule has 4 nitrogen and oxygen atoms in total. The number of carbonyl (C=O) groups excluding carboxylic acids is 1. The zero-order valence-corrected chi connectivity index (χ0v) is 11.0. The Kier molecular flexibility index (Phi) is 4.55. The molecule has 1 amide bonds. The third-order valence-electron chi connectivity index (χ3n) is 2.73. The second-order valence-corrected chi connectivity index (χ2v) is 4.10. The van der Waals surface area contributed by atoms with Crippen LogP contribution in [0.15, 0.2) is 53.9 Å². The van der Waals surface area contributed by atoms with E-state index in [9.17, 15) is 9.18 Å². The van der Waals surface area contributed by atoms with Gasteiger partial charge in [-0.3, -0.25) is 9.78 Å². The lowest BCUT2D eigenvalue weighted by Crippen LogP contribution is -2.20. The molecule has 1 aromatic heterocycles. The van der Waals surface area contributed by atoms with Crippen molar-refractivity contribution in [3.63, 3.8) is 0 Å². The minimum atomic E-state index is -0.328. The van der Waals surface area contributed by atoms with Crippen LogP contribution in [0.2, 0.25) is 0 Å². The molecule has 2 aromatic rings. The van der Waals surface area contributed by atoms with Crippen LogP contribution in [-0.2, 0) is 0 Å². The molecule has 0 aliphatic heterocycles. The van der Waals surface area contributed by atoms with Gasteiger partial charge >= 0.3 is 0 Å². The summed E-state index contributed by atoms with van der Waals surface area (Å²) in [7, 11) is 0. The van der Waals surface area contributed by atoms with E-state index in [1.165, 1.54) is 18.3 Å². The van der Waals surface area contributed by atoms with Crippen LogP contribution in [0.5, 0.6) is 0 Å². The number of hydrazone groups is 1. The van der Waals surface area contributed by atoms with Crippen molar-refractivity contribution in [2.75, 3.05) is 0 Å². The van der Waals surface area contributed by atoms with Gasteiger partial charge in [0.05, 0.1) is 11.3 Å². The van der Waals surface area contributed by atoms with Crippen LogP contribution in [0.1, 0.15) is 29.3 Å². The average molecular weight is 271 g/mol. The van der Waals surface area contributed by atoms with Crippen LogP contribution in [0.4, 0.5) is 4.39 Å². The first-order valence-corrected chi connectivity index (χ1v) is 6.23. The number of hydrogen-bond acceptors (Lipinski definition) is 3. The number of aromatic nitrogens is 1. The van der Waals surface area contributed by atoms with Crippen LogP contribution < -0.4 is 5.43 Å². The summed E-state index contributed by atoms with van der Waals surface area (Å²) in [5.74, 6) is -0.630. The normalized spacial score (nSPS) is 11.2. The summed E-state index contributed by atoms with van der Waals surface area (Å²) < 4.78 is 12.9. The molecule has 0 unspecified atom stereocenters. The van der Waals surface area contributed by atoms with Gasteiger partial charge < -0.3 is 0 Å². The SMILES string of the molecule is CC/C(=N/NC(=O)c1cccnc1)c1ccc(F)cc1. The molecule has 0 spiro atoms. The third kappa shape index (κ3) is 3.47. The van der Waals surface area contributed by atoms with E-state index in [1.54, 1.807) is 30.5 Å². The van der Waals surface area contributed by atoms with Crippen molar-refractivity contribution in [3.05, 3.63) is 65.7 Å². The van der Waals surface area contributed by atoms with E-state index in [2.05, 4.69) is 15.5 Å². The second kappa shape index (κ2) is 6.56. The molecule has 5 heteroatoms. The lowest BCUT2D eigenvalue weighted by Gasteiger charge is -2.05. The Labute approximate surface area is 116 Å². The Morgan fingerprint density at radius 1 is 1.25 bits per heavy atom. The highest BCUT2D eigenvalue weighted by Crippen LogP contribution is 2.06. The highest BCUT2D eigenvalue weighted by molar-refractivity contribution is 6.02. The van der Waals surface area contributed by atoms with E-state index < -0.39 is 0 Å². The molecule has 0 aliphatic carbocycles. The van der Waals surface area contributed by atoms with E-state index >= 15 is 0 Å². The van der Waals surface area contributed by atoms with Crippen LogP contribution in [-0.4, -0.2) is 16.6 Å². The quantitative estimate of drug-likeness (QED) is 0.686. The van der Waals surface area contributed by atoms with Gasteiger partial charge in [0, 0.05) is 12.4 Å². The number of nitrogens with zero attached hydrogens (tertiary/aromatic N) is 2. The molecule has 0 bridgehead atoms. The second-order valence-electron chi connectivity index (χ2n) is 4.10. The topological polar surface area (TPSA) is 54.4 Å². The van der Waals surface area contributed by atoms with Crippen LogP contribution in [0.3, 0.4) is 0 Å². The summed E-state index contributed by atoms with van der Waals surface area (Å²) in [4.78, 5) is 15.7. The zero-order chi connectivity index (χ0) is 14.4. The molecule has 1 N–H and O–H groups in total. The summed E-state index contributed by atoms with van der Waals surface area (Å²) in [5, 5.41) is 4.09. The summed E-state index contributed by atoms with van der Waals surface area (Å²) in [6.07, 6.45) is 3.68. The standard InChI is InChI=1S/C15H14FN3O/c1-2-14(11-5-7-13(16)8-6-11)18-19-15(20)12-4-3-9-17-10-12/h3-10H,2H2,1H3,(H,19,20)/b18-14-. The van der Waals surface area contributed by atoms with E-state index in [4.69, 9.17) is 0 Å². The van der Waals surface area contributed by atoms with Crippen LogP contribution >= 0.6 is 0 Å². The minimum Gasteiger partial charge on any atom is -0.267 e. The first-order valence-electron chi connectivity index (χ1n) is 6.23. The van der Waals surface area contributed by atoms with Crippen molar-refractivity contribution in [1.82, 2.24) is 10.4 Å². The number of nitrogens with one attached hydrogen (secondary N) is 1. The number of carbonyl (C=O) groups is 1. The molecule has 1 aromatic carbocycles. The first-order chi connectivity index (χ1) is 9.70. The molecule has 0 atom stereocenters. The maximum Gasteiger partial charge on any atom is 0.272 e. The smallest absolute Gasteiger partial charge is 0.267 e. The van der Waals surface area contributed by atoms with Crippen molar-refractivity contribution in [2.24, 2.45) is 5.10 Å². The van der Waals surface area contributed by atoms with Gasteiger partial charge in [-0.25, -0.2) is 9.82 Å². The molecule has 2 rings (SSSR count). The maximum atomic E-state index is 12.9. The van der Waals surface area contributed by atoms with Gasteiger partial charge in [0.25, 0.3) is 5.91 Å². The number of amides is 1. The molecular weight excluding hydrogens is 257 g/mol. The van der Waals surface area contributed by atoms with Gasteiger partial charge in [-0.15, -0.1) is 0 Å². The summed E-state index contributed by atoms with van der Waals surface area (Å²) >= 11 is 0. The van der Waals surface area contributed by atoms with E-state index in [0.717, 1.165) is 5.56 Å². The Morgan fingerprint density at radius 3 is 2.60 bits per heavy atom. The fraction of sp³-hybridized carbons (Fsp3) is 0.133. The van der Waals surface area contributed by atoms with Crippen LogP contribution in [0, 0.1) is 5.82 Å². The summed E-state index contributed by atoms with van der Waals surface area (Å²) in [6.45, 7) is 1.92. The molecule has 0 fully saturated rings. The lowest BCUT2D eigenvalue weighted by molar-refractivity contribution is 0.0954. The maximum absolute atomic E-state index is 12.9. The van der Waals surface area contributed by atoms with E-state index in [0.29, 0.717) is 17.7 Å². The van der Waals surface area contributed by atoms with Crippen LogP contribution in [0.25, 0.3) is 0 Å². The molecular formula is C15H14FN3O. The fourth-order valence-electron chi connectivity index (χ4n) is 1.67. The molecule has 1 heterocycles. The van der Waals surface area contributed by atoms with Gasteiger partial charge in [0.1, 0.15) is 5.82 Å². The molecule has 20 heavy (non-hydrogen) atoms. The Morgan fingerprint density at radius 2 is 2.00 bits per heavy atom. The van der Waals surface area contributed by atoms with Gasteiger partial charge in [0.15, 0.2) is 0 Å². The van der Waals surface area contributed by atoms with Crippen molar-refractivity contribution in [3.8, 4) is 0 Å². The van der Waals surface area contributed by atoms with Gasteiger partial charge in [-0.05, 0) is 36.2 Å². The fourth-order valence-corrected chi connectivity index (χ4v) is 1.67.